The zero-order valence-electron chi connectivity index (χ0n) is 11.2. The maximum absolute atomic E-state index is 11.9. The smallest absolute Gasteiger partial charge is 0.312 e. The van der Waals surface area contributed by atoms with Crippen molar-refractivity contribution in [3.8, 4) is 0 Å². The van der Waals surface area contributed by atoms with Gasteiger partial charge in [-0.1, -0.05) is 40.5 Å². The topological polar surface area (TPSA) is 46.5 Å². The van der Waals surface area contributed by atoms with E-state index in [1.165, 1.54) is 0 Å². The molecule has 1 N–H and O–H groups in total. The van der Waals surface area contributed by atoms with E-state index in [1.807, 2.05) is 6.92 Å². The highest BCUT2D eigenvalue weighted by Crippen LogP contribution is 2.37. The lowest BCUT2D eigenvalue weighted by Crippen LogP contribution is -2.38. The lowest BCUT2D eigenvalue weighted by Gasteiger charge is -2.31. The molecule has 0 aliphatic heterocycles. The van der Waals surface area contributed by atoms with Crippen LogP contribution in [0.2, 0.25) is 5.02 Å². The first-order valence-corrected chi connectivity index (χ1v) is 7.36. The van der Waals surface area contributed by atoms with Crippen molar-refractivity contribution < 1.29 is 14.6 Å². The van der Waals surface area contributed by atoms with E-state index < -0.39 is 17.5 Å². The van der Waals surface area contributed by atoms with Crippen LogP contribution in [0.1, 0.15) is 32.8 Å². The Morgan fingerprint density at radius 1 is 1.53 bits per heavy atom. The molecule has 2 atom stereocenters. The van der Waals surface area contributed by atoms with Crippen LogP contribution in [0.4, 0.5) is 0 Å². The molecule has 0 fully saturated rings. The van der Waals surface area contributed by atoms with Gasteiger partial charge in [0.05, 0.1) is 12.5 Å². The monoisotopic (exact) mass is 348 g/mol. The van der Waals surface area contributed by atoms with Gasteiger partial charge in [0.2, 0.25) is 0 Å². The minimum Gasteiger partial charge on any atom is -0.466 e. The minimum absolute atomic E-state index is 0.291. The summed E-state index contributed by atoms with van der Waals surface area (Å²) in [5, 5.41) is 11.1. The molecule has 0 aromatic heterocycles. The van der Waals surface area contributed by atoms with Gasteiger partial charge in [-0.15, -0.1) is 0 Å². The number of carbonyl (C=O) groups is 1. The van der Waals surface area contributed by atoms with Crippen molar-refractivity contribution >= 4 is 33.5 Å². The number of rotatable bonds is 5. The molecular formula is C14H18BrClO3. The van der Waals surface area contributed by atoms with Gasteiger partial charge in [-0.05, 0) is 32.4 Å². The van der Waals surface area contributed by atoms with Crippen LogP contribution in [0.5, 0.6) is 0 Å². The quantitative estimate of drug-likeness (QED) is 0.820. The fourth-order valence-corrected chi connectivity index (χ4v) is 2.99. The van der Waals surface area contributed by atoms with Crippen molar-refractivity contribution in [3.63, 3.8) is 0 Å². The lowest BCUT2D eigenvalue weighted by atomic mass is 9.81. The van der Waals surface area contributed by atoms with Crippen molar-refractivity contribution in [2.24, 2.45) is 5.92 Å². The van der Waals surface area contributed by atoms with E-state index >= 15 is 0 Å². The minimum atomic E-state index is -1.36. The highest BCUT2D eigenvalue weighted by atomic mass is 79.9. The number of esters is 1. The number of hydrogen-bond donors (Lipinski definition) is 1. The number of carbonyl (C=O) groups excluding carboxylic acids is 1. The van der Waals surface area contributed by atoms with E-state index in [9.17, 15) is 9.90 Å². The maximum atomic E-state index is 11.9. The Morgan fingerprint density at radius 2 is 2.16 bits per heavy atom. The first-order valence-electron chi connectivity index (χ1n) is 6.19. The molecule has 106 valence electrons. The molecule has 0 aliphatic rings. The number of hydrogen-bond acceptors (Lipinski definition) is 3. The van der Waals surface area contributed by atoms with E-state index in [1.54, 1.807) is 32.0 Å². The van der Waals surface area contributed by atoms with Crippen molar-refractivity contribution in [2.45, 2.75) is 32.8 Å². The fourth-order valence-electron chi connectivity index (χ4n) is 2.12. The second-order valence-corrected chi connectivity index (χ2v) is 5.81. The number of aliphatic hydroxyl groups is 1. The predicted octanol–water partition coefficient (Wildman–Crippen LogP) is 3.90. The van der Waals surface area contributed by atoms with E-state index in [0.717, 1.165) is 4.47 Å². The number of halogens is 2. The van der Waals surface area contributed by atoms with Gasteiger partial charge in [0, 0.05) is 15.1 Å². The normalized spacial score (nSPS) is 15.7. The Hall–Kier alpha value is -0.580. The van der Waals surface area contributed by atoms with Gasteiger partial charge in [0.25, 0.3) is 0 Å². The van der Waals surface area contributed by atoms with Crippen LogP contribution in [0.25, 0.3) is 0 Å². The van der Waals surface area contributed by atoms with Gasteiger partial charge >= 0.3 is 5.97 Å². The summed E-state index contributed by atoms with van der Waals surface area (Å²) in [6, 6.07) is 5.20. The van der Waals surface area contributed by atoms with Gasteiger partial charge < -0.3 is 9.84 Å². The predicted molar refractivity (Wildman–Crippen MR) is 79.1 cm³/mol. The molecule has 1 aromatic rings. The van der Waals surface area contributed by atoms with Crippen LogP contribution in [0.15, 0.2) is 22.7 Å². The molecule has 0 amide bonds. The van der Waals surface area contributed by atoms with E-state index in [2.05, 4.69) is 15.9 Å². The second-order valence-electron chi connectivity index (χ2n) is 4.48. The summed E-state index contributed by atoms with van der Waals surface area (Å²) in [6.07, 6.45) is 0.470. The Balaban J connectivity index is 3.15. The Morgan fingerprint density at radius 3 is 2.63 bits per heavy atom. The van der Waals surface area contributed by atoms with Gasteiger partial charge in [-0.3, -0.25) is 4.79 Å². The van der Waals surface area contributed by atoms with Gasteiger partial charge in [0.1, 0.15) is 5.60 Å². The fraction of sp³-hybridized carbons (Fsp3) is 0.500. The third-order valence-electron chi connectivity index (χ3n) is 3.13. The van der Waals surface area contributed by atoms with Gasteiger partial charge in [-0.2, -0.15) is 0 Å². The molecule has 0 aliphatic carbocycles. The van der Waals surface area contributed by atoms with E-state index in [4.69, 9.17) is 16.3 Å². The molecular weight excluding hydrogens is 332 g/mol. The third-order valence-corrected chi connectivity index (χ3v) is 3.94. The first-order chi connectivity index (χ1) is 8.84. The summed E-state index contributed by atoms with van der Waals surface area (Å²) in [5.41, 5.74) is -0.837. The summed E-state index contributed by atoms with van der Waals surface area (Å²) >= 11 is 9.47. The standard InChI is InChI=1S/C14H18BrClO3/c1-4-10(13(17)19-5-2)14(3,18)11-7-6-9(15)8-12(11)16/h6-8,10,18H,4-5H2,1-3H3. The first kappa shape index (κ1) is 16.5. The Kier molecular flexibility index (Phi) is 5.83. The summed E-state index contributed by atoms with van der Waals surface area (Å²) in [4.78, 5) is 11.9. The van der Waals surface area contributed by atoms with Crippen LogP contribution in [0.3, 0.4) is 0 Å². The van der Waals surface area contributed by atoms with Crippen molar-refractivity contribution in [1.29, 1.82) is 0 Å². The summed E-state index contributed by atoms with van der Waals surface area (Å²) in [7, 11) is 0. The molecule has 5 heteroatoms. The van der Waals surface area contributed by atoms with Gasteiger partial charge in [-0.25, -0.2) is 0 Å². The van der Waals surface area contributed by atoms with E-state index in [0.29, 0.717) is 23.6 Å². The molecule has 0 saturated carbocycles. The highest BCUT2D eigenvalue weighted by molar-refractivity contribution is 9.10. The van der Waals surface area contributed by atoms with Crippen molar-refractivity contribution in [3.05, 3.63) is 33.3 Å². The Labute approximate surface area is 127 Å². The van der Waals surface area contributed by atoms with E-state index in [-0.39, 0.29) is 0 Å². The van der Waals surface area contributed by atoms with Crippen LogP contribution in [-0.2, 0) is 15.1 Å². The SMILES string of the molecule is CCOC(=O)C(CC)C(C)(O)c1ccc(Br)cc1Cl. The van der Waals surface area contributed by atoms with Crippen LogP contribution in [-0.4, -0.2) is 17.7 Å². The summed E-state index contributed by atoms with van der Waals surface area (Å²) < 4.78 is 5.84. The molecule has 0 spiro atoms. The molecule has 19 heavy (non-hydrogen) atoms. The zero-order valence-corrected chi connectivity index (χ0v) is 13.6. The van der Waals surface area contributed by atoms with Crippen LogP contribution >= 0.6 is 27.5 Å². The van der Waals surface area contributed by atoms with Crippen LogP contribution < -0.4 is 0 Å². The summed E-state index contributed by atoms with van der Waals surface area (Å²) in [5.74, 6) is -1.06. The molecule has 0 heterocycles. The molecule has 2 unspecified atom stereocenters. The average Bonchev–Trinajstić information content (AvgIpc) is 2.28. The Bertz CT molecular complexity index is 460. The molecule has 0 bridgehead atoms. The second kappa shape index (κ2) is 6.73. The summed E-state index contributed by atoms with van der Waals surface area (Å²) in [6.45, 7) is 5.46. The lowest BCUT2D eigenvalue weighted by molar-refractivity contribution is -0.158. The van der Waals surface area contributed by atoms with Crippen molar-refractivity contribution in [1.82, 2.24) is 0 Å². The molecule has 0 saturated heterocycles. The molecule has 3 nitrogen and oxygen atoms in total. The average molecular weight is 350 g/mol. The zero-order chi connectivity index (χ0) is 14.6. The molecule has 1 rings (SSSR count). The highest BCUT2D eigenvalue weighted by Gasteiger charge is 2.39. The van der Waals surface area contributed by atoms with Gasteiger partial charge in [0.15, 0.2) is 0 Å². The number of benzene rings is 1. The number of ether oxygens (including phenoxy) is 1. The maximum Gasteiger partial charge on any atom is 0.312 e. The van der Waals surface area contributed by atoms with Crippen molar-refractivity contribution in [2.75, 3.05) is 6.61 Å². The molecule has 0 radical (unpaired) electrons. The largest absolute Gasteiger partial charge is 0.466 e. The van der Waals surface area contributed by atoms with Crippen LogP contribution in [0, 0.1) is 5.92 Å². The third kappa shape index (κ3) is 3.71. The molecule has 1 aromatic carbocycles.